The molecule has 1 N–H and O–H groups in total. The Bertz CT molecular complexity index is 545. The van der Waals surface area contributed by atoms with Gasteiger partial charge in [-0.1, -0.05) is 25.4 Å². The molecular weight excluding hydrogens is 298 g/mol. The van der Waals surface area contributed by atoms with Gasteiger partial charge in [0.15, 0.2) is 0 Å². The van der Waals surface area contributed by atoms with Crippen molar-refractivity contribution in [2.75, 3.05) is 18.9 Å². The topological polar surface area (TPSA) is 62.3 Å². The van der Waals surface area contributed by atoms with Crippen LogP contribution in [0.4, 0.5) is 5.82 Å². The molecule has 1 heterocycles. The number of sulfonamides is 1. The highest BCUT2D eigenvalue weighted by molar-refractivity contribution is 7.89. The maximum Gasteiger partial charge on any atom is 0.244 e. The first-order valence-corrected chi connectivity index (χ1v) is 8.57. The summed E-state index contributed by atoms with van der Waals surface area (Å²) in [6.45, 7) is 6.54. The van der Waals surface area contributed by atoms with Gasteiger partial charge in [0.1, 0.15) is 10.7 Å². The van der Waals surface area contributed by atoms with Crippen LogP contribution in [0.1, 0.15) is 33.6 Å². The van der Waals surface area contributed by atoms with E-state index in [1.165, 1.54) is 16.6 Å². The number of aromatic nitrogens is 1. The maximum atomic E-state index is 12.5. The number of pyridine rings is 1. The van der Waals surface area contributed by atoms with Crippen molar-refractivity contribution in [1.82, 2.24) is 9.29 Å². The van der Waals surface area contributed by atoms with E-state index in [0.717, 1.165) is 12.8 Å². The zero-order valence-electron chi connectivity index (χ0n) is 12.4. The molecule has 0 aliphatic carbocycles. The summed E-state index contributed by atoms with van der Waals surface area (Å²) < 4.78 is 26.4. The second-order valence-electron chi connectivity index (χ2n) is 4.52. The van der Waals surface area contributed by atoms with Crippen molar-refractivity contribution in [2.24, 2.45) is 0 Å². The summed E-state index contributed by atoms with van der Waals surface area (Å²) in [6, 6.07) is 1.42. The van der Waals surface area contributed by atoms with E-state index in [1.807, 2.05) is 20.8 Å². The summed E-state index contributed by atoms with van der Waals surface area (Å²) in [6.07, 6.45) is 2.88. The molecule has 20 heavy (non-hydrogen) atoms. The summed E-state index contributed by atoms with van der Waals surface area (Å²) in [5.41, 5.74) is 0. The van der Waals surface area contributed by atoms with Crippen molar-refractivity contribution in [3.8, 4) is 0 Å². The second kappa shape index (κ2) is 7.24. The summed E-state index contributed by atoms with van der Waals surface area (Å²) in [5, 5.41) is 3.29. The minimum Gasteiger partial charge on any atom is -0.369 e. The Morgan fingerprint density at radius 1 is 1.35 bits per heavy atom. The van der Waals surface area contributed by atoms with Gasteiger partial charge in [-0.3, -0.25) is 0 Å². The number of rotatable bonds is 7. The lowest BCUT2D eigenvalue weighted by Crippen LogP contribution is -2.36. The van der Waals surface area contributed by atoms with Gasteiger partial charge >= 0.3 is 0 Å². The van der Waals surface area contributed by atoms with E-state index in [1.54, 1.807) is 7.05 Å². The predicted octanol–water partition coefficient (Wildman–Crippen LogP) is 2.98. The number of anilines is 1. The largest absolute Gasteiger partial charge is 0.369 e. The third-order valence-corrected chi connectivity index (χ3v) is 5.46. The van der Waals surface area contributed by atoms with E-state index in [4.69, 9.17) is 11.6 Å². The zero-order valence-corrected chi connectivity index (χ0v) is 13.9. The SMILES string of the molecule is CCNc1ncc(S(=O)(=O)N(C)C(CC)CC)cc1Cl. The Kier molecular flexibility index (Phi) is 6.23. The van der Waals surface area contributed by atoms with Crippen LogP contribution < -0.4 is 5.32 Å². The van der Waals surface area contributed by atoms with Crippen LogP contribution in [0.2, 0.25) is 5.02 Å². The molecule has 0 aliphatic rings. The molecule has 5 nitrogen and oxygen atoms in total. The number of halogens is 1. The molecule has 1 aromatic rings. The van der Waals surface area contributed by atoms with Crippen molar-refractivity contribution in [3.05, 3.63) is 17.3 Å². The molecule has 0 fully saturated rings. The van der Waals surface area contributed by atoms with Crippen LogP contribution in [0.15, 0.2) is 17.2 Å². The van der Waals surface area contributed by atoms with Gasteiger partial charge in [-0.25, -0.2) is 13.4 Å². The Balaban J connectivity index is 3.13. The van der Waals surface area contributed by atoms with Crippen molar-refractivity contribution in [1.29, 1.82) is 0 Å². The van der Waals surface area contributed by atoms with Gasteiger partial charge in [-0.2, -0.15) is 4.31 Å². The van der Waals surface area contributed by atoms with Crippen LogP contribution in [0.5, 0.6) is 0 Å². The number of nitrogens with one attached hydrogen (secondary N) is 1. The summed E-state index contributed by atoms with van der Waals surface area (Å²) >= 11 is 6.06. The number of hydrogen-bond donors (Lipinski definition) is 1. The lowest BCUT2D eigenvalue weighted by atomic mass is 10.2. The monoisotopic (exact) mass is 319 g/mol. The first kappa shape index (κ1) is 17.2. The van der Waals surface area contributed by atoms with Gasteiger partial charge in [0.25, 0.3) is 0 Å². The van der Waals surface area contributed by atoms with E-state index in [9.17, 15) is 8.42 Å². The highest BCUT2D eigenvalue weighted by atomic mass is 35.5. The molecule has 0 unspecified atom stereocenters. The van der Waals surface area contributed by atoms with E-state index in [2.05, 4.69) is 10.3 Å². The molecular formula is C13H22ClN3O2S. The van der Waals surface area contributed by atoms with Gasteiger partial charge < -0.3 is 5.32 Å². The molecule has 0 saturated carbocycles. The minimum absolute atomic E-state index is 0.0211. The quantitative estimate of drug-likeness (QED) is 0.839. The molecule has 0 aromatic carbocycles. The maximum absolute atomic E-state index is 12.5. The average molecular weight is 320 g/mol. The van der Waals surface area contributed by atoms with E-state index in [-0.39, 0.29) is 10.9 Å². The standard InChI is InChI=1S/C13H22ClN3O2S/c1-5-10(6-2)17(4)20(18,19)11-8-12(14)13(15-7-3)16-9-11/h8-10H,5-7H2,1-4H3,(H,15,16). The fourth-order valence-corrected chi connectivity index (χ4v) is 3.80. The van der Waals surface area contributed by atoms with Crippen LogP contribution in [0, 0.1) is 0 Å². The predicted molar refractivity (Wildman–Crippen MR) is 82.7 cm³/mol. The highest BCUT2D eigenvalue weighted by Gasteiger charge is 2.26. The normalized spacial score (nSPS) is 12.2. The van der Waals surface area contributed by atoms with Crippen LogP contribution >= 0.6 is 11.6 Å². The van der Waals surface area contributed by atoms with Crippen molar-refractivity contribution in [3.63, 3.8) is 0 Å². The van der Waals surface area contributed by atoms with Gasteiger partial charge in [-0.05, 0) is 25.8 Å². The number of hydrogen-bond acceptors (Lipinski definition) is 4. The Labute approximate surface area is 126 Å². The molecule has 7 heteroatoms. The Hall–Kier alpha value is -0.850. The second-order valence-corrected chi connectivity index (χ2v) is 6.93. The van der Waals surface area contributed by atoms with Crippen molar-refractivity contribution in [2.45, 2.75) is 44.6 Å². The first-order chi connectivity index (χ1) is 9.38. The molecule has 0 amide bonds. The molecule has 1 rings (SSSR count). The minimum atomic E-state index is -3.56. The Morgan fingerprint density at radius 2 is 1.95 bits per heavy atom. The lowest BCUT2D eigenvalue weighted by Gasteiger charge is -2.25. The molecule has 0 atom stereocenters. The fourth-order valence-electron chi connectivity index (χ4n) is 2.02. The summed E-state index contributed by atoms with van der Waals surface area (Å²) in [7, 11) is -1.96. The van der Waals surface area contributed by atoms with Crippen LogP contribution in [-0.2, 0) is 10.0 Å². The van der Waals surface area contributed by atoms with Crippen molar-refractivity contribution < 1.29 is 8.42 Å². The Morgan fingerprint density at radius 3 is 2.40 bits per heavy atom. The molecule has 0 aliphatic heterocycles. The molecule has 1 aromatic heterocycles. The van der Waals surface area contributed by atoms with Gasteiger partial charge in [-0.15, -0.1) is 0 Å². The average Bonchev–Trinajstić information content (AvgIpc) is 2.42. The molecule has 0 spiro atoms. The fraction of sp³-hybridized carbons (Fsp3) is 0.615. The van der Waals surface area contributed by atoms with E-state index < -0.39 is 10.0 Å². The van der Waals surface area contributed by atoms with E-state index >= 15 is 0 Å². The van der Waals surface area contributed by atoms with E-state index in [0.29, 0.717) is 17.4 Å². The van der Waals surface area contributed by atoms with Crippen LogP contribution in [0.25, 0.3) is 0 Å². The molecule has 0 bridgehead atoms. The zero-order chi connectivity index (χ0) is 15.3. The molecule has 0 saturated heterocycles. The first-order valence-electron chi connectivity index (χ1n) is 6.75. The molecule has 114 valence electrons. The van der Waals surface area contributed by atoms with Crippen molar-refractivity contribution >= 4 is 27.4 Å². The van der Waals surface area contributed by atoms with Crippen LogP contribution in [0.3, 0.4) is 0 Å². The highest BCUT2D eigenvalue weighted by Crippen LogP contribution is 2.25. The molecule has 0 radical (unpaired) electrons. The summed E-state index contributed by atoms with van der Waals surface area (Å²) in [4.78, 5) is 4.20. The van der Waals surface area contributed by atoms with Crippen LogP contribution in [-0.4, -0.2) is 37.3 Å². The third kappa shape index (κ3) is 3.62. The van der Waals surface area contributed by atoms with Gasteiger partial charge in [0.05, 0.1) is 5.02 Å². The summed E-state index contributed by atoms with van der Waals surface area (Å²) in [5.74, 6) is 0.498. The lowest BCUT2D eigenvalue weighted by molar-refractivity contribution is 0.349. The van der Waals surface area contributed by atoms with Gasteiger partial charge in [0, 0.05) is 25.8 Å². The number of nitrogens with zero attached hydrogens (tertiary/aromatic N) is 2. The smallest absolute Gasteiger partial charge is 0.244 e. The van der Waals surface area contributed by atoms with Gasteiger partial charge in [0.2, 0.25) is 10.0 Å². The third-order valence-electron chi connectivity index (χ3n) is 3.29.